The van der Waals surface area contributed by atoms with Crippen LogP contribution in [0.4, 0.5) is 5.82 Å². The third-order valence-electron chi connectivity index (χ3n) is 3.78. The Morgan fingerprint density at radius 1 is 1.00 bits per heavy atom. The molecule has 0 aliphatic carbocycles. The number of amides is 2. The highest BCUT2D eigenvalue weighted by Gasteiger charge is 2.14. The summed E-state index contributed by atoms with van der Waals surface area (Å²) in [5.41, 5.74) is 2.41. The summed E-state index contributed by atoms with van der Waals surface area (Å²) in [5.74, 6) is 0.0633. The predicted octanol–water partition coefficient (Wildman–Crippen LogP) is 2.87. The molecule has 0 saturated carbocycles. The smallest absolute Gasteiger partial charge is 0.275 e. The van der Waals surface area contributed by atoms with Crippen molar-refractivity contribution in [2.24, 2.45) is 0 Å². The van der Waals surface area contributed by atoms with Crippen LogP contribution in [0.15, 0.2) is 53.1 Å². The third kappa shape index (κ3) is 4.13. The molecule has 0 aliphatic rings. The number of carbonyl (C=O) groups is 2. The van der Waals surface area contributed by atoms with Crippen LogP contribution in [0.5, 0.6) is 0 Å². The van der Waals surface area contributed by atoms with Crippen molar-refractivity contribution < 1.29 is 14.1 Å². The Morgan fingerprint density at radius 2 is 1.73 bits per heavy atom. The van der Waals surface area contributed by atoms with Crippen molar-refractivity contribution in [2.75, 3.05) is 5.32 Å². The average molecular weight is 350 g/mol. The molecule has 3 aromatic rings. The fourth-order valence-electron chi connectivity index (χ4n) is 2.37. The lowest BCUT2D eigenvalue weighted by Crippen LogP contribution is -2.25. The molecule has 1 aromatic carbocycles. The standard InChI is InChI=1S/C19H18N4O3/c1-12-6-3-4-7-14(12)11-20-18(24)15-8-5-9-16(21-15)19(25)22-17-10-13(2)26-23-17/h3-10H,11H2,1-2H3,(H,20,24)(H,22,23,25). The van der Waals surface area contributed by atoms with Gasteiger partial charge in [0.25, 0.3) is 11.8 Å². The van der Waals surface area contributed by atoms with Crippen LogP contribution >= 0.6 is 0 Å². The highest BCUT2D eigenvalue weighted by Crippen LogP contribution is 2.10. The van der Waals surface area contributed by atoms with Crippen LogP contribution in [0.1, 0.15) is 37.9 Å². The molecule has 2 amide bonds. The van der Waals surface area contributed by atoms with Crippen molar-refractivity contribution in [3.8, 4) is 0 Å². The zero-order valence-corrected chi connectivity index (χ0v) is 14.4. The van der Waals surface area contributed by atoms with Crippen molar-refractivity contribution in [2.45, 2.75) is 20.4 Å². The molecular weight excluding hydrogens is 332 g/mol. The van der Waals surface area contributed by atoms with Crippen LogP contribution in [0.3, 0.4) is 0 Å². The number of aromatic nitrogens is 2. The number of aryl methyl sites for hydroxylation is 2. The molecular formula is C19H18N4O3. The summed E-state index contributed by atoms with van der Waals surface area (Å²) in [5, 5.41) is 9.08. The van der Waals surface area contributed by atoms with Crippen LogP contribution in [-0.4, -0.2) is 22.0 Å². The van der Waals surface area contributed by atoms with E-state index in [0.29, 0.717) is 18.1 Å². The third-order valence-corrected chi connectivity index (χ3v) is 3.78. The second-order valence-electron chi connectivity index (χ2n) is 5.79. The molecule has 26 heavy (non-hydrogen) atoms. The van der Waals surface area contributed by atoms with E-state index in [9.17, 15) is 9.59 Å². The van der Waals surface area contributed by atoms with Crippen LogP contribution < -0.4 is 10.6 Å². The first-order valence-corrected chi connectivity index (χ1v) is 8.07. The summed E-state index contributed by atoms with van der Waals surface area (Å²) in [6.45, 7) is 4.10. The first-order chi connectivity index (χ1) is 12.5. The summed E-state index contributed by atoms with van der Waals surface area (Å²) in [6.07, 6.45) is 0. The van der Waals surface area contributed by atoms with Crippen molar-refractivity contribution in [3.05, 3.63) is 76.8 Å². The summed E-state index contributed by atoms with van der Waals surface area (Å²) < 4.78 is 4.90. The van der Waals surface area contributed by atoms with Gasteiger partial charge >= 0.3 is 0 Å². The van der Waals surface area contributed by atoms with Crippen LogP contribution in [0, 0.1) is 13.8 Å². The second-order valence-corrected chi connectivity index (χ2v) is 5.79. The van der Waals surface area contributed by atoms with E-state index in [0.717, 1.165) is 11.1 Å². The van der Waals surface area contributed by atoms with Gasteiger partial charge in [-0.15, -0.1) is 0 Å². The molecule has 0 bridgehead atoms. The molecule has 0 fully saturated rings. The van der Waals surface area contributed by atoms with Crippen molar-refractivity contribution in [1.29, 1.82) is 0 Å². The normalized spacial score (nSPS) is 10.4. The zero-order chi connectivity index (χ0) is 18.5. The fourth-order valence-corrected chi connectivity index (χ4v) is 2.37. The minimum Gasteiger partial charge on any atom is -0.360 e. The second kappa shape index (κ2) is 7.60. The highest BCUT2D eigenvalue weighted by molar-refractivity contribution is 6.03. The Balaban J connectivity index is 1.67. The average Bonchev–Trinajstić information content (AvgIpc) is 3.05. The maximum Gasteiger partial charge on any atom is 0.275 e. The first kappa shape index (κ1) is 17.3. The van der Waals surface area contributed by atoms with Crippen molar-refractivity contribution >= 4 is 17.6 Å². The van der Waals surface area contributed by atoms with E-state index in [1.54, 1.807) is 25.1 Å². The molecule has 0 unspecified atom stereocenters. The lowest BCUT2D eigenvalue weighted by Gasteiger charge is -2.08. The SMILES string of the molecule is Cc1cc(NC(=O)c2cccc(C(=O)NCc3ccccc3C)n2)no1. The molecule has 2 N–H and O–H groups in total. The van der Waals surface area contributed by atoms with Gasteiger partial charge in [0.05, 0.1) is 0 Å². The van der Waals surface area contributed by atoms with Gasteiger partial charge in [-0.1, -0.05) is 35.5 Å². The number of nitrogens with one attached hydrogen (secondary N) is 2. The molecule has 7 heteroatoms. The molecule has 3 rings (SSSR count). The van der Waals surface area contributed by atoms with Gasteiger partial charge in [0.2, 0.25) is 0 Å². The van der Waals surface area contributed by atoms with Gasteiger partial charge in [0, 0.05) is 12.6 Å². The largest absolute Gasteiger partial charge is 0.360 e. The van der Waals surface area contributed by atoms with E-state index < -0.39 is 5.91 Å². The minimum atomic E-state index is -0.466. The topological polar surface area (TPSA) is 97.1 Å². The number of hydrogen-bond acceptors (Lipinski definition) is 5. The number of anilines is 1. The van der Waals surface area contributed by atoms with Gasteiger partial charge < -0.3 is 15.2 Å². The number of pyridine rings is 1. The number of nitrogens with zero attached hydrogens (tertiary/aromatic N) is 2. The molecule has 7 nitrogen and oxygen atoms in total. The molecule has 0 atom stereocenters. The maximum absolute atomic E-state index is 12.3. The molecule has 2 aromatic heterocycles. The van der Waals surface area contributed by atoms with E-state index in [1.807, 2.05) is 31.2 Å². The van der Waals surface area contributed by atoms with Crippen molar-refractivity contribution in [3.63, 3.8) is 0 Å². The number of benzene rings is 1. The van der Waals surface area contributed by atoms with Crippen LogP contribution in [0.25, 0.3) is 0 Å². The molecule has 0 aliphatic heterocycles. The van der Waals surface area contributed by atoms with E-state index in [-0.39, 0.29) is 17.3 Å². The van der Waals surface area contributed by atoms with Gasteiger partial charge in [-0.05, 0) is 37.1 Å². The van der Waals surface area contributed by atoms with Gasteiger partial charge in [-0.2, -0.15) is 0 Å². The van der Waals surface area contributed by atoms with E-state index in [4.69, 9.17) is 4.52 Å². The quantitative estimate of drug-likeness (QED) is 0.737. The van der Waals surface area contributed by atoms with Crippen LogP contribution in [0.2, 0.25) is 0 Å². The van der Waals surface area contributed by atoms with Crippen LogP contribution in [-0.2, 0) is 6.54 Å². The van der Waals surface area contributed by atoms with Gasteiger partial charge in [0.1, 0.15) is 17.1 Å². The fraction of sp³-hybridized carbons (Fsp3) is 0.158. The van der Waals surface area contributed by atoms with Gasteiger partial charge in [-0.3, -0.25) is 9.59 Å². The van der Waals surface area contributed by atoms with Gasteiger partial charge in [-0.25, -0.2) is 4.98 Å². The zero-order valence-electron chi connectivity index (χ0n) is 14.4. The molecule has 132 valence electrons. The predicted molar refractivity (Wildman–Crippen MR) is 95.8 cm³/mol. The lowest BCUT2D eigenvalue weighted by molar-refractivity contribution is 0.0945. The highest BCUT2D eigenvalue weighted by atomic mass is 16.5. The summed E-state index contributed by atoms with van der Waals surface area (Å²) >= 11 is 0. The maximum atomic E-state index is 12.3. The monoisotopic (exact) mass is 350 g/mol. The summed E-state index contributed by atoms with van der Waals surface area (Å²) in [4.78, 5) is 28.7. The Bertz CT molecular complexity index is 949. The molecule has 0 spiro atoms. The lowest BCUT2D eigenvalue weighted by atomic mass is 10.1. The van der Waals surface area contributed by atoms with E-state index >= 15 is 0 Å². The number of carbonyl (C=O) groups excluding carboxylic acids is 2. The molecule has 0 radical (unpaired) electrons. The first-order valence-electron chi connectivity index (χ1n) is 8.07. The van der Waals surface area contributed by atoms with E-state index in [1.165, 1.54) is 6.07 Å². The molecule has 0 saturated heterocycles. The minimum absolute atomic E-state index is 0.120. The van der Waals surface area contributed by atoms with E-state index in [2.05, 4.69) is 20.8 Å². The summed E-state index contributed by atoms with van der Waals surface area (Å²) in [6, 6.07) is 14.1. The molecule has 2 heterocycles. The Labute approximate surface area is 150 Å². The number of rotatable bonds is 5. The van der Waals surface area contributed by atoms with Crippen molar-refractivity contribution in [1.82, 2.24) is 15.5 Å². The number of hydrogen-bond donors (Lipinski definition) is 2. The Kier molecular flexibility index (Phi) is 5.07. The summed E-state index contributed by atoms with van der Waals surface area (Å²) in [7, 11) is 0. The Morgan fingerprint density at radius 3 is 2.42 bits per heavy atom. The van der Waals surface area contributed by atoms with Gasteiger partial charge in [0.15, 0.2) is 5.82 Å². The Hall–Kier alpha value is -3.48.